The number of hydrogen-bond acceptors (Lipinski definition) is 2. The molecule has 0 amide bonds. The Morgan fingerprint density at radius 1 is 1.29 bits per heavy atom. The van der Waals surface area contributed by atoms with Gasteiger partial charge in [-0.2, -0.15) is 0 Å². The molecule has 1 fully saturated rings. The molecule has 0 aromatic heterocycles. The standard InChI is InChI=1S/C15H24N2/c1-4-17-11-14(13-8-6-5-7-9-13)16-10-15(17)12(2)3/h5-9,12,14-16H,4,10-11H2,1-3H3. The highest BCUT2D eigenvalue weighted by molar-refractivity contribution is 5.20. The highest BCUT2D eigenvalue weighted by Crippen LogP contribution is 2.22. The van der Waals surface area contributed by atoms with Gasteiger partial charge in [0.25, 0.3) is 0 Å². The van der Waals surface area contributed by atoms with Crippen LogP contribution in [0.5, 0.6) is 0 Å². The number of nitrogens with zero attached hydrogens (tertiary/aromatic N) is 1. The van der Waals surface area contributed by atoms with Crippen molar-refractivity contribution in [1.29, 1.82) is 0 Å². The summed E-state index contributed by atoms with van der Waals surface area (Å²) in [7, 11) is 0. The molecule has 2 heteroatoms. The summed E-state index contributed by atoms with van der Waals surface area (Å²) < 4.78 is 0. The maximum atomic E-state index is 3.69. The molecule has 17 heavy (non-hydrogen) atoms. The van der Waals surface area contributed by atoms with Gasteiger partial charge in [-0.25, -0.2) is 0 Å². The third kappa shape index (κ3) is 2.88. The lowest BCUT2D eigenvalue weighted by Gasteiger charge is -2.42. The summed E-state index contributed by atoms with van der Waals surface area (Å²) in [5.74, 6) is 0.721. The third-order valence-electron chi connectivity index (χ3n) is 3.84. The van der Waals surface area contributed by atoms with Gasteiger partial charge in [-0.15, -0.1) is 0 Å². The van der Waals surface area contributed by atoms with Gasteiger partial charge in [0.1, 0.15) is 0 Å². The topological polar surface area (TPSA) is 15.3 Å². The van der Waals surface area contributed by atoms with Crippen molar-refractivity contribution in [3.63, 3.8) is 0 Å². The quantitative estimate of drug-likeness (QED) is 0.862. The number of rotatable bonds is 3. The minimum Gasteiger partial charge on any atom is -0.307 e. The van der Waals surface area contributed by atoms with Crippen LogP contribution in [-0.2, 0) is 0 Å². The second-order valence-electron chi connectivity index (χ2n) is 5.27. The lowest BCUT2D eigenvalue weighted by atomic mass is 9.96. The molecule has 0 aliphatic carbocycles. The van der Waals surface area contributed by atoms with Crippen LogP contribution in [-0.4, -0.2) is 30.6 Å². The Labute approximate surface area is 105 Å². The van der Waals surface area contributed by atoms with Gasteiger partial charge >= 0.3 is 0 Å². The fourth-order valence-electron chi connectivity index (χ4n) is 2.76. The first-order valence-electron chi connectivity index (χ1n) is 6.74. The molecule has 1 aliphatic rings. The molecular weight excluding hydrogens is 208 g/mol. The molecule has 1 aromatic rings. The van der Waals surface area contributed by atoms with Crippen LogP contribution >= 0.6 is 0 Å². The number of likely N-dealkylation sites (N-methyl/N-ethyl adjacent to an activating group) is 1. The van der Waals surface area contributed by atoms with E-state index < -0.39 is 0 Å². The zero-order valence-corrected chi connectivity index (χ0v) is 11.2. The Hall–Kier alpha value is -0.860. The molecular formula is C15H24N2. The van der Waals surface area contributed by atoms with E-state index in [0.29, 0.717) is 12.1 Å². The van der Waals surface area contributed by atoms with E-state index in [0.717, 1.165) is 25.6 Å². The summed E-state index contributed by atoms with van der Waals surface area (Å²) in [6.45, 7) is 10.3. The number of hydrogen-bond donors (Lipinski definition) is 1. The van der Waals surface area contributed by atoms with Gasteiger partial charge in [-0.3, -0.25) is 4.90 Å². The first-order chi connectivity index (χ1) is 8.22. The molecule has 2 rings (SSSR count). The van der Waals surface area contributed by atoms with E-state index in [9.17, 15) is 0 Å². The summed E-state index contributed by atoms with van der Waals surface area (Å²) in [6, 6.07) is 12.0. The van der Waals surface area contributed by atoms with Gasteiger partial charge in [0, 0.05) is 25.2 Å². The summed E-state index contributed by atoms with van der Waals surface area (Å²) >= 11 is 0. The Morgan fingerprint density at radius 2 is 2.00 bits per heavy atom. The minimum atomic E-state index is 0.492. The van der Waals surface area contributed by atoms with E-state index in [1.807, 2.05) is 0 Å². The molecule has 2 nitrogen and oxygen atoms in total. The van der Waals surface area contributed by atoms with Crippen LogP contribution < -0.4 is 5.32 Å². The van der Waals surface area contributed by atoms with Crippen molar-refractivity contribution >= 4 is 0 Å². The zero-order valence-electron chi connectivity index (χ0n) is 11.2. The SMILES string of the molecule is CCN1CC(c2ccccc2)NCC1C(C)C. The van der Waals surface area contributed by atoms with Crippen molar-refractivity contribution in [2.75, 3.05) is 19.6 Å². The fraction of sp³-hybridized carbons (Fsp3) is 0.600. The molecule has 0 saturated carbocycles. The van der Waals surface area contributed by atoms with Crippen molar-refractivity contribution in [3.05, 3.63) is 35.9 Å². The number of piperazine rings is 1. The second-order valence-corrected chi connectivity index (χ2v) is 5.27. The van der Waals surface area contributed by atoms with Crippen LogP contribution in [0.3, 0.4) is 0 Å². The summed E-state index contributed by atoms with van der Waals surface area (Å²) in [5.41, 5.74) is 1.41. The van der Waals surface area contributed by atoms with Gasteiger partial charge in [0.15, 0.2) is 0 Å². The van der Waals surface area contributed by atoms with Crippen LogP contribution in [0.4, 0.5) is 0 Å². The van der Waals surface area contributed by atoms with Crippen molar-refractivity contribution in [2.45, 2.75) is 32.9 Å². The third-order valence-corrected chi connectivity index (χ3v) is 3.84. The average molecular weight is 232 g/mol. The molecule has 1 N–H and O–H groups in total. The normalized spacial score (nSPS) is 26.4. The predicted octanol–water partition coefficient (Wildman–Crippen LogP) is 2.68. The number of nitrogens with one attached hydrogen (secondary N) is 1. The van der Waals surface area contributed by atoms with E-state index in [2.05, 4.69) is 61.3 Å². The molecule has 2 unspecified atom stereocenters. The van der Waals surface area contributed by atoms with Gasteiger partial charge in [0.05, 0.1) is 0 Å². The first kappa shape index (κ1) is 12.6. The minimum absolute atomic E-state index is 0.492. The Kier molecular flexibility index (Phi) is 4.19. The molecule has 1 aliphatic heterocycles. The van der Waals surface area contributed by atoms with E-state index in [1.165, 1.54) is 5.56 Å². The largest absolute Gasteiger partial charge is 0.307 e. The maximum absolute atomic E-state index is 3.69. The van der Waals surface area contributed by atoms with E-state index in [1.54, 1.807) is 0 Å². The predicted molar refractivity (Wildman–Crippen MR) is 73.1 cm³/mol. The number of benzene rings is 1. The molecule has 2 atom stereocenters. The molecule has 1 heterocycles. The molecule has 1 saturated heterocycles. The van der Waals surface area contributed by atoms with E-state index >= 15 is 0 Å². The smallest absolute Gasteiger partial charge is 0.0449 e. The van der Waals surface area contributed by atoms with Crippen molar-refractivity contribution in [1.82, 2.24) is 10.2 Å². The first-order valence-corrected chi connectivity index (χ1v) is 6.74. The van der Waals surface area contributed by atoms with Crippen LogP contribution in [0.2, 0.25) is 0 Å². The lowest BCUT2D eigenvalue weighted by molar-refractivity contribution is 0.105. The fourth-order valence-corrected chi connectivity index (χ4v) is 2.76. The van der Waals surface area contributed by atoms with Crippen LogP contribution in [0.25, 0.3) is 0 Å². The van der Waals surface area contributed by atoms with Gasteiger partial charge in [-0.05, 0) is 18.0 Å². The Morgan fingerprint density at radius 3 is 2.59 bits per heavy atom. The lowest BCUT2D eigenvalue weighted by Crippen LogP contribution is -2.54. The molecule has 1 aromatic carbocycles. The van der Waals surface area contributed by atoms with Crippen molar-refractivity contribution in [3.8, 4) is 0 Å². The Bertz CT molecular complexity index is 334. The van der Waals surface area contributed by atoms with Crippen LogP contribution in [0, 0.1) is 5.92 Å². The summed E-state index contributed by atoms with van der Waals surface area (Å²) in [5, 5.41) is 3.69. The molecule has 94 valence electrons. The van der Waals surface area contributed by atoms with E-state index in [-0.39, 0.29) is 0 Å². The second kappa shape index (κ2) is 5.65. The molecule has 0 radical (unpaired) electrons. The molecule has 0 bridgehead atoms. The van der Waals surface area contributed by atoms with Crippen molar-refractivity contribution in [2.24, 2.45) is 5.92 Å². The van der Waals surface area contributed by atoms with E-state index in [4.69, 9.17) is 0 Å². The highest BCUT2D eigenvalue weighted by Gasteiger charge is 2.29. The van der Waals surface area contributed by atoms with Gasteiger partial charge in [-0.1, -0.05) is 51.1 Å². The molecule has 0 spiro atoms. The van der Waals surface area contributed by atoms with Gasteiger partial charge in [0.2, 0.25) is 0 Å². The average Bonchev–Trinajstić information content (AvgIpc) is 2.39. The van der Waals surface area contributed by atoms with Crippen LogP contribution in [0.15, 0.2) is 30.3 Å². The van der Waals surface area contributed by atoms with Gasteiger partial charge < -0.3 is 5.32 Å². The maximum Gasteiger partial charge on any atom is 0.0449 e. The zero-order chi connectivity index (χ0) is 12.3. The van der Waals surface area contributed by atoms with Crippen molar-refractivity contribution < 1.29 is 0 Å². The highest BCUT2D eigenvalue weighted by atomic mass is 15.2. The Balaban J connectivity index is 2.06. The summed E-state index contributed by atoms with van der Waals surface area (Å²) in [4.78, 5) is 2.61. The monoisotopic (exact) mass is 232 g/mol. The van der Waals surface area contributed by atoms with Crippen LogP contribution in [0.1, 0.15) is 32.4 Å². The summed E-state index contributed by atoms with van der Waals surface area (Å²) in [6.07, 6.45) is 0.